The fraction of sp³-hybridized carbons (Fsp3) is 0.542. The third-order valence-corrected chi connectivity index (χ3v) is 10.6. The molecule has 3 atom stereocenters. The van der Waals surface area contributed by atoms with Crippen LogP contribution in [0, 0.1) is 5.41 Å². The molecule has 2 amide bonds. The number of nitrogens with two attached hydrogens (primary N) is 1. The van der Waals surface area contributed by atoms with Crippen molar-refractivity contribution in [2.75, 3.05) is 43.0 Å². The lowest BCUT2D eigenvalue weighted by atomic mass is 9.73. The van der Waals surface area contributed by atoms with E-state index in [0.29, 0.717) is 22.9 Å². The van der Waals surface area contributed by atoms with Crippen LogP contribution in [0.15, 0.2) is 40.5 Å². The average molecular weight is 598 g/mol. The Morgan fingerprint density at radius 3 is 2.64 bits per heavy atom. The zero-order chi connectivity index (χ0) is 27.8. The summed E-state index contributed by atoms with van der Waals surface area (Å²) >= 11 is 7.80. The van der Waals surface area contributed by atoms with Crippen LogP contribution < -0.4 is 20.7 Å². The van der Waals surface area contributed by atoms with Crippen LogP contribution in [0.25, 0.3) is 0 Å². The molecule has 212 valence electrons. The van der Waals surface area contributed by atoms with Gasteiger partial charge in [-0.3, -0.25) is 0 Å². The van der Waals surface area contributed by atoms with Crippen molar-refractivity contribution in [1.29, 1.82) is 0 Å². The number of halogens is 1. The van der Waals surface area contributed by atoms with Crippen molar-refractivity contribution in [2.45, 2.75) is 54.4 Å². The Hall–Kier alpha value is -2.20. The van der Waals surface area contributed by atoms with E-state index in [2.05, 4.69) is 20.2 Å². The van der Waals surface area contributed by atoms with E-state index in [1.807, 2.05) is 11.6 Å². The molecule has 0 saturated carbocycles. The van der Waals surface area contributed by atoms with Gasteiger partial charge in [0, 0.05) is 42.5 Å². The summed E-state index contributed by atoms with van der Waals surface area (Å²) in [5.74, 6) is 0.791. The Morgan fingerprint density at radius 2 is 2.03 bits per heavy atom. The highest BCUT2D eigenvalue weighted by molar-refractivity contribution is 7.99. The maximum atomic E-state index is 12.4. The summed E-state index contributed by atoms with van der Waals surface area (Å²) in [5, 5.41) is 12.9. The van der Waals surface area contributed by atoms with Gasteiger partial charge < -0.3 is 25.8 Å². The lowest BCUT2D eigenvalue weighted by Gasteiger charge is -2.41. The van der Waals surface area contributed by atoms with Crippen LogP contribution in [0.5, 0.6) is 0 Å². The molecule has 0 aliphatic carbocycles. The van der Waals surface area contributed by atoms with E-state index >= 15 is 0 Å². The summed E-state index contributed by atoms with van der Waals surface area (Å²) in [6.45, 7) is 4.49. The number of aliphatic hydroxyl groups is 1. The van der Waals surface area contributed by atoms with Crippen LogP contribution in [0.4, 0.5) is 16.3 Å². The second-order valence-corrected chi connectivity index (χ2v) is 13.3. The predicted octanol–water partition coefficient (Wildman–Crippen LogP) is 2.05. The van der Waals surface area contributed by atoms with E-state index in [0.717, 1.165) is 36.1 Å². The minimum Gasteiger partial charge on any atom is -0.392 e. The summed E-state index contributed by atoms with van der Waals surface area (Å²) < 4.78 is 33.5. The van der Waals surface area contributed by atoms with Gasteiger partial charge in [-0.15, -0.1) is 0 Å². The minimum absolute atomic E-state index is 0.0344. The Balaban J connectivity index is 1.18. The number of nitrogens with zero attached hydrogens (tertiary/aromatic N) is 4. The Labute approximate surface area is 236 Å². The summed E-state index contributed by atoms with van der Waals surface area (Å²) in [5.41, 5.74) is 6.70. The zero-order valence-corrected chi connectivity index (χ0v) is 23.8. The topological polar surface area (TPSA) is 163 Å². The van der Waals surface area contributed by atoms with E-state index in [4.69, 9.17) is 22.1 Å². The number of nitrogens with one attached hydrogen (secondary N) is 2. The molecular formula is C24H32ClN7O5S2. The number of hydrogen-bond donors (Lipinski definition) is 4. The molecule has 2 aromatic rings. The maximum Gasteiger partial charge on any atom is 0.333 e. The number of carbonyl (C=O) groups excluding carboxylic acids is 1. The largest absolute Gasteiger partial charge is 0.392 e. The molecule has 1 unspecified atom stereocenters. The van der Waals surface area contributed by atoms with Gasteiger partial charge in [0.15, 0.2) is 0 Å². The lowest BCUT2D eigenvalue weighted by Crippen LogP contribution is -2.50. The Morgan fingerprint density at radius 1 is 1.26 bits per heavy atom. The van der Waals surface area contributed by atoms with Gasteiger partial charge >= 0.3 is 16.2 Å². The first-order chi connectivity index (χ1) is 18.6. The number of amides is 2. The van der Waals surface area contributed by atoms with Gasteiger partial charge in [0.25, 0.3) is 0 Å². The van der Waals surface area contributed by atoms with Gasteiger partial charge in [0.2, 0.25) is 0 Å². The normalized spacial score (nSPS) is 25.2. The number of urea groups is 1. The van der Waals surface area contributed by atoms with E-state index < -0.39 is 22.3 Å². The molecule has 39 heavy (non-hydrogen) atoms. The molecule has 0 bridgehead atoms. The first kappa shape index (κ1) is 28.3. The highest BCUT2D eigenvalue weighted by Gasteiger charge is 2.47. The molecule has 4 heterocycles. The predicted molar refractivity (Wildman–Crippen MR) is 148 cm³/mol. The van der Waals surface area contributed by atoms with Crippen LogP contribution in [-0.4, -0.2) is 84.9 Å². The van der Waals surface area contributed by atoms with Gasteiger partial charge in [-0.25, -0.2) is 19.5 Å². The molecule has 5 N–H and O–H groups in total. The number of rotatable bonds is 6. The fourth-order valence-electron chi connectivity index (χ4n) is 5.24. The molecule has 0 radical (unpaired) electrons. The Kier molecular flexibility index (Phi) is 8.25. The van der Waals surface area contributed by atoms with Crippen LogP contribution in [0.3, 0.4) is 0 Å². The molecule has 5 rings (SSSR count). The number of aromatic nitrogens is 2. The molecule has 3 aliphatic heterocycles. The fourth-order valence-corrected chi connectivity index (χ4v) is 7.44. The number of piperidine rings is 1. The van der Waals surface area contributed by atoms with E-state index in [-0.39, 0.29) is 41.4 Å². The molecule has 12 nitrogen and oxygen atoms in total. The number of benzene rings is 1. The van der Waals surface area contributed by atoms with Crippen LogP contribution in [0.1, 0.15) is 26.2 Å². The molecular weight excluding hydrogens is 566 g/mol. The first-order valence-electron chi connectivity index (χ1n) is 12.7. The van der Waals surface area contributed by atoms with Gasteiger partial charge in [0.05, 0.1) is 41.9 Å². The third-order valence-electron chi connectivity index (χ3n) is 7.66. The van der Waals surface area contributed by atoms with Crippen LogP contribution >= 0.6 is 23.4 Å². The molecule has 15 heteroatoms. The second kappa shape index (κ2) is 11.4. The van der Waals surface area contributed by atoms with Gasteiger partial charge in [-0.05, 0) is 38.3 Å². The molecule has 3 aliphatic rings. The molecule has 1 spiro atoms. The van der Waals surface area contributed by atoms with Crippen molar-refractivity contribution in [3.8, 4) is 0 Å². The zero-order valence-electron chi connectivity index (χ0n) is 21.4. The number of β-amino-alcohol motifs (C(OH)–C–C–N with tert-alkyl or cyclic N) is 1. The third kappa shape index (κ3) is 6.11. The van der Waals surface area contributed by atoms with Crippen molar-refractivity contribution < 1.29 is 23.1 Å². The van der Waals surface area contributed by atoms with Crippen molar-refractivity contribution in [1.82, 2.24) is 19.0 Å². The summed E-state index contributed by atoms with van der Waals surface area (Å²) in [6.07, 6.45) is 4.96. The van der Waals surface area contributed by atoms with E-state index in [9.17, 15) is 18.3 Å². The highest BCUT2D eigenvalue weighted by Crippen LogP contribution is 2.42. The minimum atomic E-state index is -4.08. The standard InChI is InChI=1S/C24H32ClN7O5S2/c1-15-22(26)24(14-37-15)6-9-31(10-7-24)19-11-28-20(12-27-19)38-18-4-2-3-17(21(18)25)29-23(34)30-39(35,36)32-8-5-16(33)13-32/h2-4,11-12,15-16,22,33H,5-10,13-14,26H2,1H3,(H2,29,30,34)/t15-,16?,22+/m0/s1. The van der Waals surface area contributed by atoms with Gasteiger partial charge in [0.1, 0.15) is 10.8 Å². The number of hydrogen-bond acceptors (Lipinski definition) is 10. The van der Waals surface area contributed by atoms with Crippen LogP contribution in [0.2, 0.25) is 5.02 Å². The number of aliphatic hydroxyl groups excluding tert-OH is 1. The van der Waals surface area contributed by atoms with Crippen molar-refractivity contribution >= 4 is 51.1 Å². The average Bonchev–Trinajstić information content (AvgIpc) is 3.47. The van der Waals surface area contributed by atoms with Crippen LogP contribution in [-0.2, 0) is 14.9 Å². The summed E-state index contributed by atoms with van der Waals surface area (Å²) in [4.78, 5) is 24.4. The molecule has 3 fully saturated rings. The molecule has 1 aromatic carbocycles. The maximum absolute atomic E-state index is 12.4. The second-order valence-electron chi connectivity index (χ2n) is 10.2. The molecule has 3 saturated heterocycles. The van der Waals surface area contributed by atoms with E-state index in [1.54, 1.807) is 30.6 Å². The first-order valence-corrected chi connectivity index (χ1v) is 15.4. The molecule has 1 aromatic heterocycles. The summed E-state index contributed by atoms with van der Waals surface area (Å²) in [7, 11) is -4.08. The SMILES string of the molecule is C[C@@H]1OCC2(CCN(c3cnc(Sc4cccc(NC(=O)NS(=O)(=O)N5CCC(O)C5)c4Cl)cn3)CC2)[C@@H]1N. The Bertz CT molecular complexity index is 1310. The number of anilines is 2. The lowest BCUT2D eigenvalue weighted by molar-refractivity contribution is 0.0974. The van der Waals surface area contributed by atoms with Crippen molar-refractivity contribution in [2.24, 2.45) is 11.1 Å². The van der Waals surface area contributed by atoms with Crippen molar-refractivity contribution in [3.63, 3.8) is 0 Å². The quantitative estimate of drug-likeness (QED) is 0.387. The van der Waals surface area contributed by atoms with Crippen molar-refractivity contribution in [3.05, 3.63) is 35.6 Å². The van der Waals surface area contributed by atoms with Gasteiger partial charge in [-0.1, -0.05) is 29.4 Å². The number of ether oxygens (including phenoxy) is 1. The summed E-state index contributed by atoms with van der Waals surface area (Å²) in [6, 6.07) is 4.13. The van der Waals surface area contributed by atoms with Gasteiger partial charge in [-0.2, -0.15) is 12.7 Å². The monoisotopic (exact) mass is 597 g/mol. The smallest absolute Gasteiger partial charge is 0.333 e. The van der Waals surface area contributed by atoms with E-state index in [1.165, 1.54) is 11.8 Å². The highest BCUT2D eigenvalue weighted by atomic mass is 35.5. The number of carbonyl (C=O) groups is 1.